The van der Waals surface area contributed by atoms with Crippen molar-refractivity contribution < 1.29 is 5.11 Å². The largest absolute Gasteiger partial charge is 0.396 e. The molecule has 1 aromatic rings. The second-order valence-electron chi connectivity index (χ2n) is 5.82. The Hall–Kier alpha value is -1.64. The minimum Gasteiger partial charge on any atom is -0.396 e. The molecule has 1 unspecified atom stereocenters. The monoisotopic (exact) mass is 288 g/mol. The molecule has 2 N–H and O–H groups in total. The number of aryl methyl sites for hydroxylation is 2. The number of rotatable bonds is 5. The first-order chi connectivity index (χ1) is 10.1. The van der Waals surface area contributed by atoms with E-state index in [-0.39, 0.29) is 6.61 Å². The first-order valence-electron chi connectivity index (χ1n) is 7.59. The Morgan fingerprint density at radius 3 is 3.05 bits per heavy atom. The van der Waals surface area contributed by atoms with Crippen molar-refractivity contribution in [2.24, 2.45) is 5.92 Å². The van der Waals surface area contributed by atoms with Crippen molar-refractivity contribution in [2.45, 2.75) is 26.7 Å². The molecule has 114 valence electrons. The lowest BCUT2D eigenvalue weighted by molar-refractivity contribution is 0.123. The van der Waals surface area contributed by atoms with Gasteiger partial charge in [-0.2, -0.15) is 5.26 Å². The van der Waals surface area contributed by atoms with Crippen molar-refractivity contribution in [2.75, 3.05) is 38.1 Å². The van der Waals surface area contributed by atoms with Crippen LogP contribution in [0.1, 0.15) is 29.7 Å². The third kappa shape index (κ3) is 4.16. The number of nitriles is 1. The molecule has 1 aliphatic heterocycles. The Morgan fingerprint density at radius 1 is 1.52 bits per heavy atom. The van der Waals surface area contributed by atoms with Crippen LogP contribution in [-0.4, -0.2) is 47.8 Å². The number of anilines is 1. The first-order valence-corrected chi connectivity index (χ1v) is 7.59. The smallest absolute Gasteiger partial charge is 0.144 e. The number of likely N-dealkylation sites (tertiary alicyclic amines) is 1. The first kappa shape index (κ1) is 15.7. The van der Waals surface area contributed by atoms with Crippen LogP contribution < -0.4 is 5.32 Å². The van der Waals surface area contributed by atoms with Gasteiger partial charge < -0.3 is 15.3 Å². The lowest BCUT2D eigenvalue weighted by Gasteiger charge is -2.31. The van der Waals surface area contributed by atoms with E-state index >= 15 is 0 Å². The zero-order chi connectivity index (χ0) is 15.2. The molecule has 1 aromatic heterocycles. The topological polar surface area (TPSA) is 72.2 Å². The molecular weight excluding hydrogens is 264 g/mol. The van der Waals surface area contributed by atoms with Crippen molar-refractivity contribution in [1.82, 2.24) is 9.88 Å². The summed E-state index contributed by atoms with van der Waals surface area (Å²) >= 11 is 0. The van der Waals surface area contributed by atoms with Crippen LogP contribution in [0.25, 0.3) is 0 Å². The number of aromatic nitrogens is 1. The molecule has 0 aromatic carbocycles. The molecule has 0 bridgehead atoms. The fraction of sp³-hybridized carbons (Fsp3) is 0.625. The van der Waals surface area contributed by atoms with Gasteiger partial charge in [0.25, 0.3) is 0 Å². The van der Waals surface area contributed by atoms with E-state index in [1.807, 2.05) is 19.9 Å². The summed E-state index contributed by atoms with van der Waals surface area (Å²) in [7, 11) is 0. The van der Waals surface area contributed by atoms with E-state index < -0.39 is 0 Å². The molecule has 0 amide bonds. The van der Waals surface area contributed by atoms with Crippen molar-refractivity contribution in [1.29, 1.82) is 5.26 Å². The molecule has 21 heavy (non-hydrogen) atoms. The van der Waals surface area contributed by atoms with Gasteiger partial charge in [-0.3, -0.25) is 0 Å². The van der Waals surface area contributed by atoms with Gasteiger partial charge in [-0.1, -0.05) is 0 Å². The van der Waals surface area contributed by atoms with Gasteiger partial charge in [0.2, 0.25) is 0 Å². The highest BCUT2D eigenvalue weighted by atomic mass is 16.3. The van der Waals surface area contributed by atoms with Crippen LogP contribution in [0.5, 0.6) is 0 Å². The molecule has 1 fully saturated rings. The average molecular weight is 288 g/mol. The molecule has 1 aliphatic rings. The molecular formula is C16H24N4O. The van der Waals surface area contributed by atoms with Crippen molar-refractivity contribution in [3.05, 3.63) is 22.9 Å². The van der Waals surface area contributed by atoms with Gasteiger partial charge in [0.15, 0.2) is 0 Å². The van der Waals surface area contributed by atoms with Gasteiger partial charge in [-0.15, -0.1) is 0 Å². The fourth-order valence-electron chi connectivity index (χ4n) is 2.76. The quantitative estimate of drug-likeness (QED) is 0.862. The van der Waals surface area contributed by atoms with E-state index in [1.165, 1.54) is 0 Å². The fourth-order valence-corrected chi connectivity index (χ4v) is 2.76. The van der Waals surface area contributed by atoms with Crippen LogP contribution in [0.4, 0.5) is 5.82 Å². The number of hydrogen-bond donors (Lipinski definition) is 2. The predicted octanol–water partition coefficient (Wildman–Crippen LogP) is 1.69. The van der Waals surface area contributed by atoms with E-state index in [0.717, 1.165) is 50.3 Å². The third-order valence-electron chi connectivity index (χ3n) is 4.17. The van der Waals surface area contributed by atoms with Crippen LogP contribution in [0, 0.1) is 31.1 Å². The summed E-state index contributed by atoms with van der Waals surface area (Å²) in [6, 6.07) is 4.08. The maximum absolute atomic E-state index is 9.25. The van der Waals surface area contributed by atoms with E-state index in [2.05, 4.69) is 21.3 Å². The Morgan fingerprint density at radius 2 is 2.33 bits per heavy atom. The second-order valence-corrected chi connectivity index (χ2v) is 5.82. The summed E-state index contributed by atoms with van der Waals surface area (Å²) in [5, 5.41) is 21.7. The molecule has 0 aliphatic carbocycles. The number of nitrogens with one attached hydrogen (secondary N) is 1. The van der Waals surface area contributed by atoms with Crippen LogP contribution in [0.2, 0.25) is 0 Å². The summed E-state index contributed by atoms with van der Waals surface area (Å²) in [5.74, 6) is 1.09. The highest BCUT2D eigenvalue weighted by Crippen LogP contribution is 2.17. The normalized spacial score (nSPS) is 19.2. The lowest BCUT2D eigenvalue weighted by Crippen LogP contribution is -2.39. The zero-order valence-corrected chi connectivity index (χ0v) is 12.9. The van der Waals surface area contributed by atoms with Crippen molar-refractivity contribution in [3.8, 4) is 6.07 Å². The van der Waals surface area contributed by atoms with Crippen LogP contribution >= 0.6 is 0 Å². The lowest BCUT2D eigenvalue weighted by atomic mass is 9.99. The van der Waals surface area contributed by atoms with Gasteiger partial charge in [0.05, 0.1) is 5.56 Å². The van der Waals surface area contributed by atoms with Crippen LogP contribution in [0.15, 0.2) is 6.07 Å². The molecule has 0 radical (unpaired) electrons. The predicted molar refractivity (Wildman–Crippen MR) is 83.2 cm³/mol. The Kier molecular flexibility index (Phi) is 5.54. The number of aliphatic hydroxyl groups is 1. The molecule has 2 rings (SSSR count). The van der Waals surface area contributed by atoms with Crippen molar-refractivity contribution >= 4 is 5.82 Å². The molecule has 5 nitrogen and oxygen atoms in total. The Labute approximate surface area is 126 Å². The standard InChI is InChI=1S/C16H24N4O/c1-12-8-15(9-17)16(19-13(12)2)18-5-7-20-6-3-4-14(10-20)11-21/h8,14,21H,3-7,10-11H2,1-2H3,(H,18,19). The average Bonchev–Trinajstić information content (AvgIpc) is 2.50. The van der Waals surface area contributed by atoms with Gasteiger partial charge in [-0.05, 0) is 50.8 Å². The Balaban J connectivity index is 1.89. The molecule has 1 saturated heterocycles. The number of pyridine rings is 1. The summed E-state index contributed by atoms with van der Waals surface area (Å²) in [5.41, 5.74) is 2.60. The SMILES string of the molecule is Cc1cc(C#N)c(NCCN2CCCC(CO)C2)nc1C. The van der Waals surface area contributed by atoms with Gasteiger partial charge in [0, 0.05) is 31.9 Å². The van der Waals surface area contributed by atoms with Crippen LogP contribution in [0.3, 0.4) is 0 Å². The van der Waals surface area contributed by atoms with Gasteiger partial charge >= 0.3 is 0 Å². The number of piperidine rings is 1. The van der Waals surface area contributed by atoms with Gasteiger partial charge in [-0.25, -0.2) is 4.98 Å². The molecule has 2 heterocycles. The van der Waals surface area contributed by atoms with E-state index in [1.54, 1.807) is 0 Å². The molecule has 0 saturated carbocycles. The Bertz CT molecular complexity index is 524. The maximum atomic E-state index is 9.25. The molecule has 5 heteroatoms. The van der Waals surface area contributed by atoms with E-state index in [4.69, 9.17) is 0 Å². The summed E-state index contributed by atoms with van der Waals surface area (Å²) in [4.78, 5) is 6.83. The van der Waals surface area contributed by atoms with E-state index in [9.17, 15) is 10.4 Å². The second kappa shape index (κ2) is 7.39. The number of hydrogen-bond acceptors (Lipinski definition) is 5. The highest BCUT2D eigenvalue weighted by Gasteiger charge is 2.18. The third-order valence-corrected chi connectivity index (χ3v) is 4.17. The van der Waals surface area contributed by atoms with Gasteiger partial charge in [0.1, 0.15) is 11.9 Å². The van der Waals surface area contributed by atoms with Crippen molar-refractivity contribution in [3.63, 3.8) is 0 Å². The number of nitrogens with zero attached hydrogens (tertiary/aromatic N) is 3. The molecule has 0 spiro atoms. The summed E-state index contributed by atoms with van der Waals surface area (Å²) < 4.78 is 0. The van der Waals surface area contributed by atoms with Crippen LogP contribution in [-0.2, 0) is 0 Å². The van der Waals surface area contributed by atoms with E-state index in [0.29, 0.717) is 17.3 Å². The summed E-state index contributed by atoms with van der Waals surface area (Å²) in [6.07, 6.45) is 2.27. The number of aliphatic hydroxyl groups excluding tert-OH is 1. The molecule has 1 atom stereocenters. The summed E-state index contributed by atoms with van der Waals surface area (Å²) in [6.45, 7) is 7.93. The minimum absolute atomic E-state index is 0.279. The highest BCUT2D eigenvalue weighted by molar-refractivity contribution is 5.54. The minimum atomic E-state index is 0.279. The maximum Gasteiger partial charge on any atom is 0.144 e. The zero-order valence-electron chi connectivity index (χ0n) is 12.9.